The van der Waals surface area contributed by atoms with E-state index in [1.54, 1.807) is 20.8 Å². The minimum absolute atomic E-state index is 0.492. The molecule has 0 fully saturated rings. The second-order valence-electron chi connectivity index (χ2n) is 4.73. The van der Waals surface area contributed by atoms with E-state index in [-0.39, 0.29) is 0 Å². The van der Waals surface area contributed by atoms with E-state index >= 15 is 0 Å². The minimum Gasteiger partial charge on any atom is -0.444 e. The molecule has 0 aromatic rings. The fourth-order valence-electron chi connectivity index (χ4n) is 0.796. The average molecular weight is 217 g/mol. The summed E-state index contributed by atoms with van der Waals surface area (Å²) >= 11 is 0. The first-order valence-electron chi connectivity index (χ1n) is 4.61. The Kier molecular flexibility index (Phi) is 4.09. The van der Waals surface area contributed by atoms with Gasteiger partial charge in [0.25, 0.3) is 5.91 Å². The van der Waals surface area contributed by atoms with E-state index in [1.165, 1.54) is 13.8 Å². The highest BCUT2D eigenvalue weighted by Crippen LogP contribution is 2.09. The van der Waals surface area contributed by atoms with Crippen LogP contribution in [0.4, 0.5) is 4.79 Å². The van der Waals surface area contributed by atoms with E-state index in [0.717, 1.165) is 0 Å². The van der Waals surface area contributed by atoms with Crippen molar-refractivity contribution < 1.29 is 14.3 Å². The van der Waals surface area contributed by atoms with Crippen molar-refractivity contribution >= 4 is 12.0 Å². The highest BCUT2D eigenvalue weighted by Gasteiger charge is 2.30. The zero-order valence-electron chi connectivity index (χ0n) is 9.80. The van der Waals surface area contributed by atoms with Gasteiger partial charge in [-0.05, 0) is 34.6 Å². The van der Waals surface area contributed by atoms with Gasteiger partial charge < -0.3 is 10.1 Å². The Morgan fingerprint density at radius 1 is 1.13 bits per heavy atom. The third-order valence-electron chi connectivity index (χ3n) is 1.51. The van der Waals surface area contributed by atoms with Gasteiger partial charge in [-0.15, -0.1) is 0 Å². The molecule has 0 heterocycles. The van der Waals surface area contributed by atoms with Crippen molar-refractivity contribution in [1.82, 2.24) is 10.7 Å². The fraction of sp³-hybridized carbons (Fsp3) is 0.778. The summed E-state index contributed by atoms with van der Waals surface area (Å²) in [5, 5.41) is 2.41. The number of carbonyl (C=O) groups excluding carboxylic acids is 2. The molecule has 0 spiro atoms. The molecule has 6 heteroatoms. The first-order chi connectivity index (χ1) is 6.58. The SMILES string of the molecule is CC(C)(C)OC(=O)NC(C)(C)C(=O)NN. The number of ether oxygens (including phenoxy) is 1. The molecule has 88 valence electrons. The van der Waals surface area contributed by atoms with Crippen LogP contribution in [0, 0.1) is 0 Å². The van der Waals surface area contributed by atoms with Crippen LogP contribution in [0.15, 0.2) is 0 Å². The lowest BCUT2D eigenvalue weighted by Gasteiger charge is -2.26. The maximum absolute atomic E-state index is 11.3. The van der Waals surface area contributed by atoms with E-state index in [2.05, 4.69) is 5.32 Å². The summed E-state index contributed by atoms with van der Waals surface area (Å²) in [7, 11) is 0. The van der Waals surface area contributed by atoms with Crippen LogP contribution in [0.25, 0.3) is 0 Å². The maximum Gasteiger partial charge on any atom is 0.408 e. The van der Waals surface area contributed by atoms with Gasteiger partial charge in [0, 0.05) is 0 Å². The normalized spacial score (nSPS) is 11.9. The van der Waals surface area contributed by atoms with Crippen molar-refractivity contribution in [3.05, 3.63) is 0 Å². The van der Waals surface area contributed by atoms with Crippen LogP contribution in [0.3, 0.4) is 0 Å². The van der Waals surface area contributed by atoms with E-state index in [1.807, 2.05) is 5.43 Å². The van der Waals surface area contributed by atoms with Crippen molar-refractivity contribution in [3.63, 3.8) is 0 Å². The molecule has 0 bridgehead atoms. The van der Waals surface area contributed by atoms with E-state index in [9.17, 15) is 9.59 Å². The number of hydrogen-bond donors (Lipinski definition) is 3. The van der Waals surface area contributed by atoms with Crippen molar-refractivity contribution in [2.24, 2.45) is 5.84 Å². The Morgan fingerprint density at radius 3 is 1.93 bits per heavy atom. The van der Waals surface area contributed by atoms with E-state index in [4.69, 9.17) is 10.6 Å². The molecule has 0 aromatic heterocycles. The smallest absolute Gasteiger partial charge is 0.408 e. The second-order valence-corrected chi connectivity index (χ2v) is 4.73. The molecule has 2 amide bonds. The summed E-state index contributed by atoms with van der Waals surface area (Å²) in [5.74, 6) is 4.48. The number of amides is 2. The zero-order valence-corrected chi connectivity index (χ0v) is 9.80. The van der Waals surface area contributed by atoms with Crippen LogP contribution in [0.1, 0.15) is 34.6 Å². The molecule has 0 rings (SSSR count). The fourth-order valence-corrected chi connectivity index (χ4v) is 0.796. The van der Waals surface area contributed by atoms with Crippen LogP contribution in [-0.2, 0) is 9.53 Å². The molecule has 0 aliphatic heterocycles. The van der Waals surface area contributed by atoms with Crippen molar-refractivity contribution in [3.8, 4) is 0 Å². The molecule has 6 nitrogen and oxygen atoms in total. The Bertz CT molecular complexity index is 256. The molecule has 15 heavy (non-hydrogen) atoms. The first-order valence-corrected chi connectivity index (χ1v) is 4.61. The summed E-state index contributed by atoms with van der Waals surface area (Å²) in [5.41, 5.74) is 0.266. The molecule has 0 saturated heterocycles. The van der Waals surface area contributed by atoms with Gasteiger partial charge in [-0.25, -0.2) is 10.6 Å². The summed E-state index contributed by atoms with van der Waals surface area (Å²) in [6.07, 6.45) is -0.656. The minimum atomic E-state index is -1.10. The first kappa shape index (κ1) is 13.7. The monoisotopic (exact) mass is 217 g/mol. The lowest BCUT2D eigenvalue weighted by atomic mass is 10.1. The Morgan fingerprint density at radius 2 is 1.60 bits per heavy atom. The lowest BCUT2D eigenvalue weighted by molar-refractivity contribution is -0.126. The molecule has 0 radical (unpaired) electrons. The van der Waals surface area contributed by atoms with Crippen LogP contribution >= 0.6 is 0 Å². The van der Waals surface area contributed by atoms with Crippen LogP contribution in [0.2, 0.25) is 0 Å². The standard InChI is InChI=1S/C9H19N3O3/c1-8(2,3)15-7(14)11-9(4,5)6(13)12-10/h10H2,1-5H3,(H,11,14)(H,12,13). The number of nitrogens with one attached hydrogen (secondary N) is 2. The summed E-state index contributed by atoms with van der Waals surface area (Å²) in [4.78, 5) is 22.6. The van der Waals surface area contributed by atoms with Gasteiger partial charge in [-0.3, -0.25) is 10.2 Å². The van der Waals surface area contributed by atoms with Crippen LogP contribution in [0.5, 0.6) is 0 Å². The number of carbonyl (C=O) groups is 2. The molecular weight excluding hydrogens is 198 g/mol. The molecule has 4 N–H and O–H groups in total. The predicted octanol–water partition coefficient (Wildman–Crippen LogP) is 0.280. The predicted molar refractivity (Wildman–Crippen MR) is 55.8 cm³/mol. The number of alkyl carbamates (subject to hydrolysis) is 1. The van der Waals surface area contributed by atoms with Crippen molar-refractivity contribution in [2.45, 2.75) is 45.8 Å². The van der Waals surface area contributed by atoms with Crippen molar-refractivity contribution in [1.29, 1.82) is 0 Å². The summed E-state index contributed by atoms with van der Waals surface area (Å²) < 4.78 is 5.00. The maximum atomic E-state index is 11.3. The zero-order chi connectivity index (χ0) is 12.3. The van der Waals surface area contributed by atoms with Gasteiger partial charge >= 0.3 is 6.09 Å². The molecule has 0 saturated carbocycles. The average Bonchev–Trinajstić information content (AvgIpc) is 1.97. The molecule has 0 atom stereocenters. The van der Waals surface area contributed by atoms with Crippen molar-refractivity contribution in [2.75, 3.05) is 0 Å². The molecular formula is C9H19N3O3. The lowest BCUT2D eigenvalue weighted by Crippen LogP contribution is -2.57. The van der Waals surface area contributed by atoms with Gasteiger partial charge in [0.2, 0.25) is 0 Å². The molecule has 0 aromatic carbocycles. The Labute approximate surface area is 89.5 Å². The summed E-state index contributed by atoms with van der Waals surface area (Å²) in [6, 6.07) is 0. The van der Waals surface area contributed by atoms with Gasteiger partial charge in [0.15, 0.2) is 0 Å². The summed E-state index contributed by atoms with van der Waals surface area (Å²) in [6.45, 7) is 8.27. The van der Waals surface area contributed by atoms with E-state index in [0.29, 0.717) is 0 Å². The van der Waals surface area contributed by atoms with E-state index < -0.39 is 23.1 Å². The third kappa shape index (κ3) is 5.21. The molecule has 0 aliphatic carbocycles. The van der Waals surface area contributed by atoms with Crippen LogP contribution < -0.4 is 16.6 Å². The number of nitrogens with two attached hydrogens (primary N) is 1. The van der Waals surface area contributed by atoms with Gasteiger partial charge in [0.1, 0.15) is 11.1 Å². The number of rotatable bonds is 2. The third-order valence-corrected chi connectivity index (χ3v) is 1.51. The number of hydrogen-bond acceptors (Lipinski definition) is 4. The Hall–Kier alpha value is -1.30. The molecule has 0 aliphatic rings. The second kappa shape index (κ2) is 4.48. The molecule has 0 unspecified atom stereocenters. The largest absolute Gasteiger partial charge is 0.444 e. The van der Waals surface area contributed by atoms with Crippen LogP contribution in [-0.4, -0.2) is 23.1 Å². The number of hydrazine groups is 1. The van der Waals surface area contributed by atoms with Gasteiger partial charge in [-0.1, -0.05) is 0 Å². The van der Waals surface area contributed by atoms with Gasteiger partial charge in [-0.2, -0.15) is 0 Å². The highest BCUT2D eigenvalue weighted by atomic mass is 16.6. The van der Waals surface area contributed by atoms with Gasteiger partial charge in [0.05, 0.1) is 0 Å². The Balaban J connectivity index is 4.35. The quantitative estimate of drug-likeness (QED) is 0.352. The topological polar surface area (TPSA) is 93.4 Å². The highest BCUT2D eigenvalue weighted by molar-refractivity contribution is 5.88.